The van der Waals surface area contributed by atoms with E-state index in [1.165, 1.54) is 20.3 Å². The van der Waals surface area contributed by atoms with Gasteiger partial charge in [-0.3, -0.25) is 0 Å². The zero-order valence-corrected chi connectivity index (χ0v) is 20.8. The SMILES string of the molecule is C#CCOc1cc(C(=O)OCCCN2CCCN(C(=O)OC(C)(C)C)CC2)cc(OC)c1OC. The largest absolute Gasteiger partial charge is 0.493 e. The van der Waals surface area contributed by atoms with Gasteiger partial charge in [0.2, 0.25) is 5.75 Å². The number of hydrogen-bond acceptors (Lipinski definition) is 8. The number of benzene rings is 1. The van der Waals surface area contributed by atoms with E-state index in [1.807, 2.05) is 20.8 Å². The minimum absolute atomic E-state index is 0.0270. The topological polar surface area (TPSA) is 86.8 Å². The highest BCUT2D eigenvalue weighted by atomic mass is 16.6. The summed E-state index contributed by atoms with van der Waals surface area (Å²) in [5.41, 5.74) is -0.220. The molecule has 0 N–H and O–H groups in total. The monoisotopic (exact) mass is 476 g/mol. The molecule has 9 heteroatoms. The Bertz CT molecular complexity index is 873. The Hall–Kier alpha value is -3.12. The fourth-order valence-corrected chi connectivity index (χ4v) is 3.51. The molecule has 0 atom stereocenters. The molecule has 188 valence electrons. The molecule has 2 rings (SSSR count). The van der Waals surface area contributed by atoms with E-state index in [9.17, 15) is 9.59 Å². The molecule has 1 fully saturated rings. The summed E-state index contributed by atoms with van der Waals surface area (Å²) in [6.45, 7) is 9.55. The highest BCUT2D eigenvalue weighted by molar-refractivity contribution is 5.91. The van der Waals surface area contributed by atoms with E-state index in [0.29, 0.717) is 36.8 Å². The van der Waals surface area contributed by atoms with Gasteiger partial charge in [-0.05, 0) is 52.3 Å². The van der Waals surface area contributed by atoms with Crippen LogP contribution in [-0.4, -0.2) is 87.6 Å². The third-order valence-corrected chi connectivity index (χ3v) is 5.08. The number of methoxy groups -OCH3 is 2. The van der Waals surface area contributed by atoms with Crippen LogP contribution in [0.1, 0.15) is 44.0 Å². The number of ether oxygens (including phenoxy) is 5. The molecular formula is C25H36N2O7. The normalized spacial score (nSPS) is 14.5. The minimum Gasteiger partial charge on any atom is -0.493 e. The first-order valence-corrected chi connectivity index (χ1v) is 11.4. The van der Waals surface area contributed by atoms with Crippen molar-refractivity contribution in [1.29, 1.82) is 0 Å². The minimum atomic E-state index is -0.505. The molecule has 0 saturated carbocycles. The molecule has 1 aliphatic heterocycles. The smallest absolute Gasteiger partial charge is 0.410 e. The first-order valence-electron chi connectivity index (χ1n) is 11.4. The second kappa shape index (κ2) is 12.9. The average molecular weight is 477 g/mol. The summed E-state index contributed by atoms with van der Waals surface area (Å²) in [6, 6.07) is 3.07. The highest BCUT2D eigenvalue weighted by Crippen LogP contribution is 2.38. The molecule has 1 aromatic rings. The number of nitrogens with zero attached hydrogens (tertiary/aromatic N) is 2. The van der Waals surface area contributed by atoms with Gasteiger partial charge in [-0.15, -0.1) is 6.42 Å². The van der Waals surface area contributed by atoms with E-state index in [1.54, 1.807) is 11.0 Å². The molecule has 0 radical (unpaired) electrons. The van der Waals surface area contributed by atoms with Crippen LogP contribution in [-0.2, 0) is 9.47 Å². The van der Waals surface area contributed by atoms with Crippen molar-refractivity contribution in [3.63, 3.8) is 0 Å². The Morgan fingerprint density at radius 1 is 1.06 bits per heavy atom. The Morgan fingerprint density at radius 2 is 1.79 bits per heavy atom. The molecule has 34 heavy (non-hydrogen) atoms. The molecule has 9 nitrogen and oxygen atoms in total. The van der Waals surface area contributed by atoms with Crippen LogP contribution in [0.2, 0.25) is 0 Å². The summed E-state index contributed by atoms with van der Waals surface area (Å²) in [4.78, 5) is 28.9. The molecular weight excluding hydrogens is 440 g/mol. The summed E-state index contributed by atoms with van der Waals surface area (Å²) in [6.07, 6.45) is 6.53. The van der Waals surface area contributed by atoms with Crippen molar-refractivity contribution in [1.82, 2.24) is 9.80 Å². The van der Waals surface area contributed by atoms with Crippen molar-refractivity contribution >= 4 is 12.1 Å². The lowest BCUT2D eigenvalue weighted by Gasteiger charge is -2.26. The van der Waals surface area contributed by atoms with E-state index < -0.39 is 11.6 Å². The van der Waals surface area contributed by atoms with Crippen LogP contribution >= 0.6 is 0 Å². The average Bonchev–Trinajstić information content (AvgIpc) is 3.04. The van der Waals surface area contributed by atoms with Crippen molar-refractivity contribution in [2.24, 2.45) is 0 Å². The molecule has 1 saturated heterocycles. The predicted molar refractivity (Wildman–Crippen MR) is 128 cm³/mol. The quantitative estimate of drug-likeness (QED) is 0.305. The summed E-state index contributed by atoms with van der Waals surface area (Å²) in [5, 5.41) is 0. The van der Waals surface area contributed by atoms with Gasteiger partial charge < -0.3 is 33.5 Å². The van der Waals surface area contributed by atoms with Crippen LogP contribution in [0.4, 0.5) is 4.79 Å². The fourth-order valence-electron chi connectivity index (χ4n) is 3.51. The molecule has 0 aromatic heterocycles. The maximum atomic E-state index is 12.6. The van der Waals surface area contributed by atoms with E-state index in [-0.39, 0.29) is 24.9 Å². The maximum absolute atomic E-state index is 12.6. The van der Waals surface area contributed by atoms with Gasteiger partial charge in [0.05, 0.1) is 26.4 Å². The number of carbonyl (C=O) groups is 2. The van der Waals surface area contributed by atoms with Crippen molar-refractivity contribution in [2.45, 2.75) is 39.2 Å². The molecule has 1 aromatic carbocycles. The first kappa shape index (κ1) is 27.1. The fraction of sp³-hybridized carbons (Fsp3) is 0.600. The van der Waals surface area contributed by atoms with Gasteiger partial charge in [0.25, 0.3) is 0 Å². The summed E-state index contributed by atoms with van der Waals surface area (Å²) >= 11 is 0. The van der Waals surface area contributed by atoms with Crippen LogP contribution in [0.15, 0.2) is 12.1 Å². The van der Waals surface area contributed by atoms with Crippen LogP contribution in [0.3, 0.4) is 0 Å². The Balaban J connectivity index is 1.84. The van der Waals surface area contributed by atoms with E-state index in [4.69, 9.17) is 30.1 Å². The summed E-state index contributed by atoms with van der Waals surface area (Å²) in [5.74, 6) is 2.91. The molecule has 1 heterocycles. The number of terminal acetylenes is 1. The second-order valence-electron chi connectivity index (χ2n) is 8.85. The lowest BCUT2D eigenvalue weighted by molar-refractivity contribution is 0.0255. The van der Waals surface area contributed by atoms with Gasteiger partial charge >= 0.3 is 12.1 Å². The summed E-state index contributed by atoms with van der Waals surface area (Å²) < 4.78 is 27.0. The van der Waals surface area contributed by atoms with Gasteiger partial charge in [0, 0.05) is 26.2 Å². The maximum Gasteiger partial charge on any atom is 0.410 e. The molecule has 0 spiro atoms. The Kier molecular flexibility index (Phi) is 10.3. The lowest BCUT2D eigenvalue weighted by Crippen LogP contribution is -2.39. The van der Waals surface area contributed by atoms with Crippen molar-refractivity contribution in [3.8, 4) is 29.6 Å². The first-order chi connectivity index (χ1) is 16.2. The van der Waals surface area contributed by atoms with Gasteiger partial charge in [-0.1, -0.05) is 5.92 Å². The van der Waals surface area contributed by atoms with Gasteiger partial charge in [-0.25, -0.2) is 9.59 Å². The van der Waals surface area contributed by atoms with Crippen LogP contribution in [0, 0.1) is 12.3 Å². The van der Waals surface area contributed by atoms with E-state index in [2.05, 4.69) is 10.8 Å². The van der Waals surface area contributed by atoms with Crippen molar-refractivity contribution < 1.29 is 33.3 Å². The molecule has 0 unspecified atom stereocenters. The van der Waals surface area contributed by atoms with Crippen LogP contribution in [0.5, 0.6) is 17.2 Å². The third kappa shape index (κ3) is 8.34. The number of hydrogen-bond donors (Lipinski definition) is 0. The van der Waals surface area contributed by atoms with Crippen molar-refractivity contribution in [2.75, 3.05) is 60.2 Å². The van der Waals surface area contributed by atoms with Crippen LogP contribution in [0.25, 0.3) is 0 Å². The molecule has 0 bridgehead atoms. The number of esters is 1. The van der Waals surface area contributed by atoms with Gasteiger partial charge in [-0.2, -0.15) is 0 Å². The third-order valence-electron chi connectivity index (χ3n) is 5.08. The summed E-state index contributed by atoms with van der Waals surface area (Å²) in [7, 11) is 2.96. The van der Waals surface area contributed by atoms with Gasteiger partial charge in [0.15, 0.2) is 11.5 Å². The Morgan fingerprint density at radius 3 is 2.44 bits per heavy atom. The van der Waals surface area contributed by atoms with Crippen molar-refractivity contribution in [3.05, 3.63) is 17.7 Å². The van der Waals surface area contributed by atoms with Gasteiger partial charge in [0.1, 0.15) is 12.2 Å². The lowest BCUT2D eigenvalue weighted by atomic mass is 10.2. The zero-order valence-electron chi connectivity index (χ0n) is 20.8. The van der Waals surface area contributed by atoms with E-state index >= 15 is 0 Å². The highest BCUT2D eigenvalue weighted by Gasteiger charge is 2.24. The molecule has 1 amide bonds. The Labute approximate surface area is 202 Å². The standard InChI is InChI=1S/C25H36N2O7/c1-7-15-32-21-18-19(17-20(30-5)22(21)31-6)23(28)33-16-9-11-26-10-8-12-27(14-13-26)24(29)34-25(2,3)4/h1,17-18H,8-16H2,2-6H3. The molecule has 1 aliphatic rings. The number of rotatable bonds is 9. The predicted octanol–water partition coefficient (Wildman–Crippen LogP) is 3.21. The second-order valence-corrected chi connectivity index (χ2v) is 8.85. The molecule has 0 aliphatic carbocycles. The number of carbonyl (C=O) groups excluding carboxylic acids is 2. The zero-order chi connectivity index (χ0) is 25.1. The van der Waals surface area contributed by atoms with Crippen LogP contribution < -0.4 is 14.2 Å². The van der Waals surface area contributed by atoms with E-state index in [0.717, 1.165) is 26.1 Å². The number of amides is 1.